The number of nitrogens with two attached hydrogens (primary N) is 1. The molecule has 1 saturated heterocycles. The van der Waals surface area contributed by atoms with Crippen LogP contribution in [-0.4, -0.2) is 90.0 Å². The summed E-state index contributed by atoms with van der Waals surface area (Å²) < 4.78 is 49.4. The average molecular weight is 900 g/mol. The summed E-state index contributed by atoms with van der Waals surface area (Å²) in [4.78, 5) is 47.7. The van der Waals surface area contributed by atoms with E-state index in [2.05, 4.69) is 25.2 Å². The number of fused-ring (bicyclic) bond motifs is 2. The predicted molar refractivity (Wildman–Crippen MR) is 248 cm³/mol. The van der Waals surface area contributed by atoms with E-state index < -0.39 is 57.1 Å². The first-order valence-electron chi connectivity index (χ1n) is 21.9. The molecule has 1 fully saturated rings. The lowest BCUT2D eigenvalue weighted by Gasteiger charge is -2.45. The lowest BCUT2D eigenvalue weighted by atomic mass is 9.92. The molecule has 3 heterocycles. The molecule has 5 N–H and O–H groups in total. The first kappa shape index (κ1) is 47.9. The topological polar surface area (TPSA) is 196 Å². The molecule has 0 unspecified atom stereocenters. The molecule has 0 spiro atoms. The first-order valence-corrected chi connectivity index (χ1v) is 23.4. The molecular weight excluding hydrogens is 835 g/mol. The second-order valence-electron chi connectivity index (χ2n) is 19.5. The summed E-state index contributed by atoms with van der Waals surface area (Å²) in [6.07, 6.45) is 2.19. The monoisotopic (exact) mass is 899 g/mol. The number of nitrogens with one attached hydrogen (secondary N) is 3. The molecule has 2 amide bonds. The van der Waals surface area contributed by atoms with Crippen LogP contribution in [0.4, 0.5) is 9.59 Å². The van der Waals surface area contributed by atoms with Gasteiger partial charge in [-0.2, -0.15) is 0 Å². The van der Waals surface area contributed by atoms with Gasteiger partial charge in [0, 0.05) is 49.2 Å². The molecule has 1 aromatic heterocycles. The molecule has 0 saturated carbocycles. The summed E-state index contributed by atoms with van der Waals surface area (Å²) in [5.41, 5.74) is 9.53. The molecule has 64 heavy (non-hydrogen) atoms. The second kappa shape index (κ2) is 18.5. The Morgan fingerprint density at radius 3 is 2.30 bits per heavy atom. The van der Waals surface area contributed by atoms with Crippen LogP contribution in [-0.2, 0) is 43.7 Å². The maximum Gasteiger partial charge on any atom is 0.419 e. The van der Waals surface area contributed by atoms with E-state index in [4.69, 9.17) is 19.9 Å². The number of carbonyl (C=O) groups excluding carboxylic acids is 3. The summed E-state index contributed by atoms with van der Waals surface area (Å²) in [7, 11) is -4.11. The molecule has 3 aromatic carbocycles. The van der Waals surface area contributed by atoms with Crippen LogP contribution in [0.2, 0.25) is 0 Å². The number of hydrogen-bond acceptors (Lipinski definition) is 10. The third kappa shape index (κ3) is 11.2. The van der Waals surface area contributed by atoms with Crippen molar-refractivity contribution in [3.05, 3.63) is 94.2 Å². The van der Waals surface area contributed by atoms with Gasteiger partial charge < -0.3 is 30.6 Å². The molecule has 2 aliphatic heterocycles. The Hall–Kier alpha value is -5.61. The molecule has 2 aliphatic rings. The van der Waals surface area contributed by atoms with Gasteiger partial charge in [0.2, 0.25) is 11.9 Å². The Morgan fingerprint density at radius 2 is 1.62 bits per heavy atom. The van der Waals surface area contributed by atoms with Gasteiger partial charge in [-0.25, -0.2) is 22.7 Å². The SMILES string of the molecule is Cc1c(C)c(S(=O)(=O)NC(N)=NCCC[C@H]2C(=O)NC[C@H]([C@H](Cc3cn(C(=O)OC(C)(C)C)c4ccccc34)NC(=O)OC(C)(C)C)N2Cc2ccccc2)c(C)c2c1OC(C)(C)C2. The van der Waals surface area contributed by atoms with Crippen molar-refractivity contribution in [1.29, 1.82) is 0 Å². The lowest BCUT2D eigenvalue weighted by molar-refractivity contribution is -0.132. The van der Waals surface area contributed by atoms with Crippen molar-refractivity contribution >= 4 is 45.0 Å². The zero-order valence-electron chi connectivity index (χ0n) is 39.0. The van der Waals surface area contributed by atoms with Crippen LogP contribution in [0, 0.1) is 20.8 Å². The number of piperazine rings is 1. The van der Waals surface area contributed by atoms with Gasteiger partial charge in [-0.15, -0.1) is 0 Å². The number of rotatable bonds is 12. The summed E-state index contributed by atoms with van der Waals surface area (Å²) >= 11 is 0. The minimum absolute atomic E-state index is 0.134. The third-order valence-corrected chi connectivity index (χ3v) is 13.2. The number of ether oxygens (including phenoxy) is 3. The van der Waals surface area contributed by atoms with Gasteiger partial charge in [-0.1, -0.05) is 48.5 Å². The van der Waals surface area contributed by atoms with Crippen molar-refractivity contribution in [1.82, 2.24) is 24.8 Å². The van der Waals surface area contributed by atoms with Crippen LogP contribution in [0.15, 0.2) is 70.7 Å². The summed E-state index contributed by atoms with van der Waals surface area (Å²) in [6, 6.07) is 15.6. The van der Waals surface area contributed by atoms with Gasteiger partial charge in [0.15, 0.2) is 0 Å². The van der Waals surface area contributed by atoms with E-state index >= 15 is 0 Å². The second-order valence-corrected chi connectivity index (χ2v) is 21.1. The standard InChI is InChI=1S/C48H65N7O8S/c1-29-30(2)41(31(3)35-25-48(10,11)61-40(29)35)64(59,60)53-43(49)50-23-17-22-38-42(56)51-26-39(54(38)27-32-18-13-12-14-19-32)36(52-44(57)62-46(4,5)6)24-33-28-55(45(58)63-47(7,8)9)37-21-16-15-20-34(33)37/h12-16,18-21,28,36,38-39H,17,22-27H2,1-11H3,(H,51,56)(H,52,57)(H3,49,50,53)/t36-,38-,39+/m0/s1. The third-order valence-electron chi connectivity index (χ3n) is 11.5. The number of sulfonamides is 1. The highest BCUT2D eigenvalue weighted by Gasteiger charge is 2.42. The van der Waals surface area contributed by atoms with Crippen molar-refractivity contribution < 1.29 is 37.0 Å². The molecule has 346 valence electrons. The Kier molecular flexibility index (Phi) is 13.8. The Morgan fingerprint density at radius 1 is 0.969 bits per heavy atom. The van der Waals surface area contributed by atoms with Crippen molar-refractivity contribution in [2.75, 3.05) is 13.1 Å². The van der Waals surface area contributed by atoms with Crippen LogP contribution in [0.1, 0.15) is 102 Å². The van der Waals surface area contributed by atoms with Crippen molar-refractivity contribution in [2.24, 2.45) is 10.7 Å². The Balaban J connectivity index is 1.27. The van der Waals surface area contributed by atoms with E-state index in [0.29, 0.717) is 42.5 Å². The zero-order valence-corrected chi connectivity index (χ0v) is 39.9. The number of benzene rings is 3. The van der Waals surface area contributed by atoms with Crippen molar-refractivity contribution in [2.45, 2.75) is 148 Å². The molecule has 0 radical (unpaired) electrons. The number of guanidine groups is 1. The fourth-order valence-electron chi connectivity index (χ4n) is 8.72. The van der Waals surface area contributed by atoms with Gasteiger partial charge in [-0.05, 0) is 129 Å². The molecule has 15 nitrogen and oxygen atoms in total. The molecule has 0 bridgehead atoms. The number of aliphatic imine (C=N–C) groups is 1. The highest BCUT2D eigenvalue weighted by atomic mass is 32.2. The minimum atomic E-state index is -4.11. The van der Waals surface area contributed by atoms with Crippen LogP contribution in [0.25, 0.3) is 10.9 Å². The van der Waals surface area contributed by atoms with E-state index in [1.807, 2.05) is 96.1 Å². The van der Waals surface area contributed by atoms with Crippen LogP contribution < -0.4 is 25.8 Å². The van der Waals surface area contributed by atoms with Crippen molar-refractivity contribution in [3.63, 3.8) is 0 Å². The first-order chi connectivity index (χ1) is 29.8. The van der Waals surface area contributed by atoms with Gasteiger partial charge >= 0.3 is 12.2 Å². The zero-order chi connectivity index (χ0) is 46.9. The van der Waals surface area contributed by atoms with Crippen LogP contribution >= 0.6 is 0 Å². The van der Waals surface area contributed by atoms with Gasteiger partial charge in [-0.3, -0.25) is 19.3 Å². The number of amides is 2. The Labute approximate surface area is 377 Å². The molecule has 3 atom stereocenters. The van der Waals surface area contributed by atoms with E-state index in [-0.39, 0.29) is 36.3 Å². The summed E-state index contributed by atoms with van der Waals surface area (Å²) in [5, 5.41) is 7.05. The quantitative estimate of drug-likeness (QED) is 0.0657. The fraction of sp³-hybridized carbons (Fsp3) is 0.500. The highest BCUT2D eigenvalue weighted by Crippen LogP contribution is 2.43. The molecule has 16 heteroatoms. The van der Waals surface area contributed by atoms with Crippen LogP contribution in [0.5, 0.6) is 5.75 Å². The average Bonchev–Trinajstić information content (AvgIpc) is 3.72. The van der Waals surface area contributed by atoms with Gasteiger partial charge in [0.1, 0.15) is 22.6 Å². The minimum Gasteiger partial charge on any atom is -0.487 e. The number of para-hydroxylation sites is 1. The number of hydrogen-bond donors (Lipinski definition) is 4. The molecule has 6 rings (SSSR count). The summed E-state index contributed by atoms with van der Waals surface area (Å²) in [5.74, 6) is 0.286. The maximum atomic E-state index is 13.9. The lowest BCUT2D eigenvalue weighted by Crippen LogP contribution is -2.66. The fourth-order valence-corrected chi connectivity index (χ4v) is 10.2. The normalized spacial score (nSPS) is 18.5. The van der Waals surface area contributed by atoms with Crippen molar-refractivity contribution in [3.8, 4) is 5.75 Å². The van der Waals surface area contributed by atoms with E-state index in [1.54, 1.807) is 40.8 Å². The maximum absolute atomic E-state index is 13.9. The Bertz CT molecular complexity index is 2540. The summed E-state index contributed by atoms with van der Waals surface area (Å²) in [6.45, 7) is 20.9. The van der Waals surface area contributed by atoms with Gasteiger partial charge in [0.05, 0.1) is 22.5 Å². The predicted octanol–water partition coefficient (Wildman–Crippen LogP) is 6.94. The van der Waals surface area contributed by atoms with E-state index in [9.17, 15) is 22.8 Å². The molecule has 0 aliphatic carbocycles. The van der Waals surface area contributed by atoms with Crippen LogP contribution in [0.3, 0.4) is 0 Å². The number of nitrogens with zero attached hydrogens (tertiary/aromatic N) is 3. The molecule has 4 aromatic rings. The van der Waals surface area contributed by atoms with E-state index in [1.165, 1.54) is 4.57 Å². The number of alkyl carbamates (subject to hydrolysis) is 1. The van der Waals surface area contributed by atoms with Gasteiger partial charge in [0.25, 0.3) is 10.0 Å². The molecular formula is C48H65N7O8S. The van der Waals surface area contributed by atoms with E-state index in [0.717, 1.165) is 33.4 Å². The smallest absolute Gasteiger partial charge is 0.419 e. The number of carbonyl (C=O) groups is 3. The highest BCUT2D eigenvalue weighted by molar-refractivity contribution is 7.90. The largest absolute Gasteiger partial charge is 0.487 e. The number of aromatic nitrogens is 1.